The van der Waals surface area contributed by atoms with E-state index < -0.39 is 12.0 Å². The Morgan fingerprint density at radius 2 is 2.00 bits per heavy atom. The molecule has 39 heavy (non-hydrogen) atoms. The average molecular weight is 588 g/mol. The molecule has 7 nitrogen and oxygen atoms in total. The van der Waals surface area contributed by atoms with Gasteiger partial charge in [0.1, 0.15) is 24.1 Å². The number of benzene rings is 2. The van der Waals surface area contributed by atoms with Crippen molar-refractivity contribution < 1.29 is 19.0 Å². The van der Waals surface area contributed by atoms with E-state index >= 15 is 0 Å². The van der Waals surface area contributed by atoms with E-state index in [1.165, 1.54) is 15.9 Å². The van der Waals surface area contributed by atoms with Crippen LogP contribution in [0.3, 0.4) is 0 Å². The van der Waals surface area contributed by atoms with Gasteiger partial charge >= 0.3 is 5.97 Å². The molecule has 0 N–H and O–H groups in total. The van der Waals surface area contributed by atoms with Crippen LogP contribution in [-0.2, 0) is 9.53 Å². The molecule has 0 radical (unpaired) electrons. The van der Waals surface area contributed by atoms with Gasteiger partial charge in [-0.05, 0) is 52.0 Å². The molecule has 0 saturated heterocycles. The number of carbonyl (C=O) groups excluding carboxylic acids is 1. The molecule has 4 rings (SSSR count). The summed E-state index contributed by atoms with van der Waals surface area (Å²) in [5.74, 6) is 0.395. The summed E-state index contributed by atoms with van der Waals surface area (Å²) >= 11 is 13.9. The van der Waals surface area contributed by atoms with Crippen molar-refractivity contribution in [2.24, 2.45) is 4.99 Å². The lowest BCUT2D eigenvalue weighted by atomic mass is 9.95. The maximum atomic E-state index is 14.0. The van der Waals surface area contributed by atoms with Gasteiger partial charge in [-0.1, -0.05) is 65.4 Å². The van der Waals surface area contributed by atoms with E-state index in [1.807, 2.05) is 38.1 Å². The predicted molar refractivity (Wildman–Crippen MR) is 155 cm³/mol. The molecule has 0 aliphatic carbocycles. The molecule has 0 bridgehead atoms. The fourth-order valence-corrected chi connectivity index (χ4v) is 5.88. The van der Waals surface area contributed by atoms with E-state index in [9.17, 15) is 9.59 Å². The summed E-state index contributed by atoms with van der Waals surface area (Å²) in [4.78, 5) is 32.3. The van der Waals surface area contributed by atoms with Crippen LogP contribution < -0.4 is 24.4 Å². The maximum Gasteiger partial charge on any atom is 0.338 e. The third-order valence-electron chi connectivity index (χ3n) is 5.76. The lowest BCUT2D eigenvalue weighted by Gasteiger charge is -2.26. The first-order valence-electron chi connectivity index (χ1n) is 12.3. The van der Waals surface area contributed by atoms with Crippen molar-refractivity contribution in [3.05, 3.63) is 101 Å². The normalized spacial score (nSPS) is 15.2. The van der Waals surface area contributed by atoms with Crippen molar-refractivity contribution >= 4 is 46.6 Å². The zero-order valence-corrected chi connectivity index (χ0v) is 24.3. The van der Waals surface area contributed by atoms with E-state index in [2.05, 4.69) is 11.6 Å². The van der Waals surface area contributed by atoms with Crippen molar-refractivity contribution in [3.63, 3.8) is 0 Å². The van der Waals surface area contributed by atoms with Crippen LogP contribution in [0.2, 0.25) is 10.0 Å². The minimum Gasteiger partial charge on any atom is -0.491 e. The standard InChI is InChI=1S/C29H28Cl2N2O5S/c1-6-12-37-26-18(13-19(30)15-21(26)31)14-23-27(34)33-25(20-10-8-9-11-22(20)38-16(3)4)24(28(35)36-7-2)17(5)32-29(33)39-23/h6,8-11,13-16,25H,1,7,12H2,2-5H3/b23-14-/t25-/m1/s1. The summed E-state index contributed by atoms with van der Waals surface area (Å²) in [6.07, 6.45) is 3.13. The second-order valence-electron chi connectivity index (χ2n) is 8.91. The second kappa shape index (κ2) is 12.2. The van der Waals surface area contributed by atoms with Gasteiger partial charge in [0, 0.05) is 16.1 Å². The first-order valence-corrected chi connectivity index (χ1v) is 13.9. The summed E-state index contributed by atoms with van der Waals surface area (Å²) in [6.45, 7) is 11.4. The van der Waals surface area contributed by atoms with E-state index in [1.54, 1.807) is 38.1 Å². The average Bonchev–Trinajstić information content (AvgIpc) is 3.17. The zero-order valence-electron chi connectivity index (χ0n) is 22.0. The van der Waals surface area contributed by atoms with Crippen LogP contribution in [0.25, 0.3) is 6.08 Å². The highest BCUT2D eigenvalue weighted by Gasteiger charge is 2.35. The zero-order chi connectivity index (χ0) is 28.3. The van der Waals surface area contributed by atoms with Crippen molar-refractivity contribution in [1.82, 2.24) is 4.57 Å². The van der Waals surface area contributed by atoms with E-state index in [0.717, 1.165) is 0 Å². The number of esters is 1. The Morgan fingerprint density at radius 1 is 1.26 bits per heavy atom. The molecule has 1 atom stereocenters. The molecule has 1 aromatic heterocycles. The Hall–Kier alpha value is -3.33. The molecule has 0 unspecified atom stereocenters. The lowest BCUT2D eigenvalue weighted by Crippen LogP contribution is -2.40. The first-order chi connectivity index (χ1) is 18.7. The number of rotatable bonds is 9. The summed E-state index contributed by atoms with van der Waals surface area (Å²) in [5.41, 5.74) is 1.57. The van der Waals surface area contributed by atoms with Gasteiger partial charge in [0.2, 0.25) is 0 Å². The summed E-state index contributed by atoms with van der Waals surface area (Å²) in [5, 5.41) is 0.699. The fraction of sp³-hybridized carbons (Fsp3) is 0.276. The molecule has 2 aromatic carbocycles. The van der Waals surface area contributed by atoms with Gasteiger partial charge in [-0.25, -0.2) is 9.79 Å². The van der Waals surface area contributed by atoms with Crippen LogP contribution in [0.5, 0.6) is 11.5 Å². The molecule has 2 heterocycles. The van der Waals surface area contributed by atoms with Gasteiger partial charge in [-0.2, -0.15) is 0 Å². The highest BCUT2D eigenvalue weighted by molar-refractivity contribution is 7.07. The number of hydrogen-bond donors (Lipinski definition) is 0. The molecule has 0 fully saturated rings. The molecule has 0 amide bonds. The highest BCUT2D eigenvalue weighted by Crippen LogP contribution is 2.36. The Kier molecular flexibility index (Phi) is 9.00. The minimum absolute atomic E-state index is 0.125. The molecule has 1 aliphatic heterocycles. The largest absolute Gasteiger partial charge is 0.491 e. The topological polar surface area (TPSA) is 79.1 Å². The van der Waals surface area contributed by atoms with Gasteiger partial charge < -0.3 is 14.2 Å². The van der Waals surface area contributed by atoms with Crippen molar-refractivity contribution in [2.45, 2.75) is 39.8 Å². The highest BCUT2D eigenvalue weighted by atomic mass is 35.5. The number of fused-ring (bicyclic) bond motifs is 1. The predicted octanol–water partition coefficient (Wildman–Crippen LogP) is 5.46. The first kappa shape index (κ1) is 28.7. The number of hydrogen-bond acceptors (Lipinski definition) is 7. The molecule has 0 spiro atoms. The van der Waals surface area contributed by atoms with E-state index in [4.69, 9.17) is 37.4 Å². The van der Waals surface area contributed by atoms with Crippen molar-refractivity contribution in [2.75, 3.05) is 13.2 Å². The Balaban J connectivity index is 1.99. The number of thiazole rings is 1. The Bertz CT molecular complexity index is 1640. The van der Waals surface area contributed by atoms with Crippen LogP contribution in [0.4, 0.5) is 0 Å². The third kappa shape index (κ3) is 5.98. The number of halogens is 2. The number of aromatic nitrogens is 1. The monoisotopic (exact) mass is 586 g/mol. The summed E-state index contributed by atoms with van der Waals surface area (Å²) < 4.78 is 19.1. The van der Waals surface area contributed by atoms with E-state index in [0.29, 0.717) is 47.7 Å². The Labute approximate surface area is 240 Å². The van der Waals surface area contributed by atoms with Crippen LogP contribution in [0.15, 0.2) is 70.1 Å². The molecular formula is C29H28Cl2N2O5S. The van der Waals surface area contributed by atoms with Crippen LogP contribution in [-0.4, -0.2) is 29.9 Å². The Morgan fingerprint density at radius 3 is 2.69 bits per heavy atom. The minimum atomic E-state index is -0.808. The molecule has 10 heteroatoms. The number of nitrogens with zero attached hydrogens (tertiary/aromatic N) is 2. The van der Waals surface area contributed by atoms with Crippen molar-refractivity contribution in [3.8, 4) is 11.5 Å². The quantitative estimate of drug-likeness (QED) is 0.246. The third-order valence-corrected chi connectivity index (χ3v) is 7.24. The fourth-order valence-electron chi connectivity index (χ4n) is 4.28. The van der Waals surface area contributed by atoms with Crippen LogP contribution in [0, 0.1) is 0 Å². The number of carbonyl (C=O) groups is 1. The molecule has 1 aliphatic rings. The van der Waals surface area contributed by atoms with Crippen LogP contribution in [0.1, 0.15) is 44.9 Å². The lowest BCUT2D eigenvalue weighted by molar-refractivity contribution is -0.139. The SMILES string of the molecule is C=CCOc1c(Cl)cc(Cl)cc1/C=c1\sc2n(c1=O)[C@H](c1ccccc1OC(C)C)C(C(=O)OCC)=C(C)N=2. The summed E-state index contributed by atoms with van der Waals surface area (Å²) in [6, 6.07) is 9.78. The van der Waals surface area contributed by atoms with Gasteiger partial charge in [-0.15, -0.1) is 0 Å². The van der Waals surface area contributed by atoms with Gasteiger partial charge in [0.15, 0.2) is 4.80 Å². The molecular weight excluding hydrogens is 559 g/mol. The van der Waals surface area contributed by atoms with Gasteiger partial charge in [-0.3, -0.25) is 9.36 Å². The molecule has 3 aromatic rings. The van der Waals surface area contributed by atoms with Gasteiger partial charge in [0.05, 0.1) is 33.5 Å². The second-order valence-corrected chi connectivity index (χ2v) is 10.8. The maximum absolute atomic E-state index is 14.0. The number of allylic oxidation sites excluding steroid dienone is 1. The molecule has 204 valence electrons. The van der Waals surface area contributed by atoms with Crippen molar-refractivity contribution in [1.29, 1.82) is 0 Å². The van der Waals surface area contributed by atoms with Gasteiger partial charge in [0.25, 0.3) is 5.56 Å². The van der Waals surface area contributed by atoms with Crippen LogP contribution >= 0.6 is 34.5 Å². The number of para-hydroxylation sites is 1. The van der Waals surface area contributed by atoms with E-state index in [-0.39, 0.29) is 30.5 Å². The summed E-state index contributed by atoms with van der Waals surface area (Å²) in [7, 11) is 0. The molecule has 0 saturated carbocycles. The smallest absolute Gasteiger partial charge is 0.338 e. The number of ether oxygens (including phenoxy) is 3.